The van der Waals surface area contributed by atoms with E-state index >= 15 is 0 Å². The van der Waals surface area contributed by atoms with Gasteiger partial charge < -0.3 is 0 Å². The Balaban J connectivity index is 2.02. The average Bonchev–Trinajstić information content (AvgIpc) is 2.63. The maximum absolute atomic E-state index is 13.3. The van der Waals surface area contributed by atoms with Crippen molar-refractivity contribution in [1.82, 2.24) is 9.78 Å². The molecular formula is C12H13FN2. The average molecular weight is 204 g/mol. The van der Waals surface area contributed by atoms with E-state index in [0.717, 1.165) is 17.7 Å². The van der Waals surface area contributed by atoms with E-state index < -0.39 is 0 Å². The Labute approximate surface area is 88.4 Å². The fourth-order valence-corrected chi connectivity index (χ4v) is 1.56. The Morgan fingerprint density at radius 2 is 2.00 bits per heavy atom. The minimum atomic E-state index is -0.131. The highest BCUT2D eigenvalue weighted by Gasteiger charge is 2.02. The topological polar surface area (TPSA) is 17.8 Å². The summed E-state index contributed by atoms with van der Waals surface area (Å²) in [6.07, 6.45) is 3.38. The molecule has 2 nitrogen and oxygen atoms in total. The van der Waals surface area contributed by atoms with E-state index in [2.05, 4.69) is 5.10 Å². The number of rotatable bonds is 3. The first-order valence-corrected chi connectivity index (χ1v) is 4.97. The molecule has 2 rings (SSSR count). The smallest absolute Gasteiger partial charge is 0.126 e. The lowest BCUT2D eigenvalue weighted by Gasteiger charge is -2.00. The fourth-order valence-electron chi connectivity index (χ4n) is 1.56. The molecule has 1 aromatic carbocycles. The zero-order valence-electron chi connectivity index (χ0n) is 8.65. The molecular weight excluding hydrogens is 191 g/mol. The van der Waals surface area contributed by atoms with Crippen LogP contribution in [0.5, 0.6) is 0 Å². The van der Waals surface area contributed by atoms with Crippen molar-refractivity contribution < 1.29 is 4.39 Å². The molecule has 0 fully saturated rings. The van der Waals surface area contributed by atoms with Crippen molar-refractivity contribution in [2.45, 2.75) is 12.8 Å². The molecule has 0 aliphatic carbocycles. The van der Waals surface area contributed by atoms with Crippen molar-refractivity contribution in [2.75, 3.05) is 0 Å². The highest BCUT2D eigenvalue weighted by molar-refractivity contribution is 5.18. The molecule has 0 radical (unpaired) electrons. The molecule has 2 aromatic rings. The summed E-state index contributed by atoms with van der Waals surface area (Å²) in [5, 5.41) is 4.25. The second-order valence-electron chi connectivity index (χ2n) is 3.57. The van der Waals surface area contributed by atoms with Crippen LogP contribution in [0.4, 0.5) is 4.39 Å². The quantitative estimate of drug-likeness (QED) is 0.750. The van der Waals surface area contributed by atoms with Crippen LogP contribution in [0.3, 0.4) is 0 Å². The number of hydrogen-bond acceptors (Lipinski definition) is 1. The maximum Gasteiger partial charge on any atom is 0.126 e. The Morgan fingerprint density at radius 1 is 1.20 bits per heavy atom. The van der Waals surface area contributed by atoms with E-state index in [-0.39, 0.29) is 5.82 Å². The molecule has 0 unspecified atom stereocenters. The van der Waals surface area contributed by atoms with Gasteiger partial charge in [0, 0.05) is 13.2 Å². The van der Waals surface area contributed by atoms with Gasteiger partial charge in [-0.15, -0.1) is 0 Å². The van der Waals surface area contributed by atoms with Gasteiger partial charge in [-0.2, -0.15) is 5.10 Å². The molecule has 0 saturated carbocycles. The third kappa shape index (κ3) is 2.43. The predicted octanol–water partition coefficient (Wildman–Crippen LogP) is 2.34. The number of aryl methyl sites for hydroxylation is 3. The first-order chi connectivity index (χ1) is 7.25. The second kappa shape index (κ2) is 4.26. The van der Waals surface area contributed by atoms with E-state index in [4.69, 9.17) is 0 Å². The summed E-state index contributed by atoms with van der Waals surface area (Å²) in [5.74, 6) is -0.131. The normalized spacial score (nSPS) is 10.5. The third-order valence-corrected chi connectivity index (χ3v) is 2.38. The van der Waals surface area contributed by atoms with E-state index in [1.165, 1.54) is 6.07 Å². The van der Waals surface area contributed by atoms with Crippen LogP contribution in [0.2, 0.25) is 0 Å². The molecule has 0 aliphatic rings. The summed E-state index contributed by atoms with van der Waals surface area (Å²) in [7, 11) is 1.88. The molecule has 0 N–H and O–H groups in total. The van der Waals surface area contributed by atoms with Crippen LogP contribution < -0.4 is 0 Å². The minimum absolute atomic E-state index is 0.131. The monoisotopic (exact) mass is 204 g/mol. The second-order valence-corrected chi connectivity index (χ2v) is 3.57. The number of halogens is 1. The molecule has 3 heteroatoms. The Kier molecular flexibility index (Phi) is 2.81. The van der Waals surface area contributed by atoms with E-state index in [1.54, 1.807) is 10.7 Å². The maximum atomic E-state index is 13.3. The van der Waals surface area contributed by atoms with E-state index in [9.17, 15) is 4.39 Å². The highest BCUT2D eigenvalue weighted by Crippen LogP contribution is 2.09. The number of aromatic nitrogens is 2. The summed E-state index contributed by atoms with van der Waals surface area (Å²) in [5.41, 5.74) is 1.75. The van der Waals surface area contributed by atoms with Crippen LogP contribution in [-0.2, 0) is 19.9 Å². The molecule has 1 aromatic heterocycles. The number of nitrogens with zero attached hydrogens (tertiary/aromatic N) is 2. The molecule has 78 valence electrons. The minimum Gasteiger partial charge on any atom is -0.276 e. The summed E-state index contributed by atoms with van der Waals surface area (Å²) < 4.78 is 15.0. The lowest BCUT2D eigenvalue weighted by Crippen LogP contribution is -1.96. The van der Waals surface area contributed by atoms with Gasteiger partial charge in [0.25, 0.3) is 0 Å². The van der Waals surface area contributed by atoms with Crippen molar-refractivity contribution in [1.29, 1.82) is 0 Å². The van der Waals surface area contributed by atoms with Crippen molar-refractivity contribution in [3.8, 4) is 0 Å². The molecule has 0 spiro atoms. The van der Waals surface area contributed by atoms with Crippen LogP contribution in [0.1, 0.15) is 11.3 Å². The standard InChI is InChI=1S/C12H13FN2/c1-15-9-8-11(14-15)7-6-10-4-2-3-5-12(10)13/h2-5,8-9H,6-7H2,1H3. The van der Waals surface area contributed by atoms with Gasteiger partial charge in [-0.1, -0.05) is 18.2 Å². The van der Waals surface area contributed by atoms with Crippen molar-refractivity contribution >= 4 is 0 Å². The van der Waals surface area contributed by atoms with Crippen LogP contribution in [0, 0.1) is 5.82 Å². The van der Waals surface area contributed by atoms with Gasteiger partial charge in [-0.05, 0) is 30.5 Å². The lowest BCUT2D eigenvalue weighted by molar-refractivity contribution is 0.607. The highest BCUT2D eigenvalue weighted by atomic mass is 19.1. The molecule has 0 saturated heterocycles. The molecule has 0 atom stereocenters. The van der Waals surface area contributed by atoms with Gasteiger partial charge in [0.05, 0.1) is 5.69 Å². The molecule has 0 aliphatic heterocycles. The molecule has 1 heterocycles. The van der Waals surface area contributed by atoms with E-state index in [0.29, 0.717) is 6.42 Å². The SMILES string of the molecule is Cn1ccc(CCc2ccccc2F)n1. The van der Waals surface area contributed by atoms with Gasteiger partial charge in [-0.25, -0.2) is 4.39 Å². The molecule has 15 heavy (non-hydrogen) atoms. The number of benzene rings is 1. The first kappa shape index (κ1) is 9.90. The fraction of sp³-hybridized carbons (Fsp3) is 0.250. The molecule has 0 amide bonds. The van der Waals surface area contributed by atoms with Gasteiger partial charge in [0.15, 0.2) is 0 Å². The summed E-state index contributed by atoms with van der Waals surface area (Å²) in [4.78, 5) is 0. The summed E-state index contributed by atoms with van der Waals surface area (Å²) >= 11 is 0. The largest absolute Gasteiger partial charge is 0.276 e. The van der Waals surface area contributed by atoms with Gasteiger partial charge in [-0.3, -0.25) is 4.68 Å². The summed E-state index contributed by atoms with van der Waals surface area (Å²) in [6.45, 7) is 0. The Morgan fingerprint density at radius 3 is 2.67 bits per heavy atom. The van der Waals surface area contributed by atoms with Crippen LogP contribution in [0.15, 0.2) is 36.5 Å². The zero-order valence-corrected chi connectivity index (χ0v) is 8.65. The first-order valence-electron chi connectivity index (χ1n) is 4.97. The zero-order chi connectivity index (χ0) is 10.7. The van der Waals surface area contributed by atoms with Crippen LogP contribution in [0.25, 0.3) is 0 Å². The van der Waals surface area contributed by atoms with Gasteiger partial charge >= 0.3 is 0 Å². The van der Waals surface area contributed by atoms with Crippen LogP contribution >= 0.6 is 0 Å². The predicted molar refractivity (Wildman–Crippen MR) is 57.0 cm³/mol. The van der Waals surface area contributed by atoms with Crippen molar-refractivity contribution in [2.24, 2.45) is 7.05 Å². The lowest BCUT2D eigenvalue weighted by atomic mass is 10.1. The Hall–Kier alpha value is -1.64. The summed E-state index contributed by atoms with van der Waals surface area (Å²) in [6, 6.07) is 8.84. The van der Waals surface area contributed by atoms with Gasteiger partial charge in [0.1, 0.15) is 5.82 Å². The van der Waals surface area contributed by atoms with E-state index in [1.807, 2.05) is 31.4 Å². The van der Waals surface area contributed by atoms with Crippen LogP contribution in [-0.4, -0.2) is 9.78 Å². The number of hydrogen-bond donors (Lipinski definition) is 0. The Bertz CT molecular complexity index is 448. The molecule has 0 bridgehead atoms. The van der Waals surface area contributed by atoms with Gasteiger partial charge in [0.2, 0.25) is 0 Å². The van der Waals surface area contributed by atoms with Crippen molar-refractivity contribution in [3.63, 3.8) is 0 Å². The van der Waals surface area contributed by atoms with Crippen molar-refractivity contribution in [3.05, 3.63) is 53.6 Å². The third-order valence-electron chi connectivity index (χ3n) is 2.38.